The molecule has 1 fully saturated rings. The van der Waals surface area contributed by atoms with Crippen LogP contribution < -0.4 is 0 Å². The fraction of sp³-hybridized carbons (Fsp3) is 0.733. The monoisotopic (exact) mass is 238 g/mol. The lowest BCUT2D eigenvalue weighted by molar-refractivity contribution is -0.0731. The molecule has 4 atom stereocenters. The van der Waals surface area contributed by atoms with E-state index in [1.165, 1.54) is 0 Å². The van der Waals surface area contributed by atoms with E-state index in [-0.39, 0.29) is 17.9 Å². The van der Waals surface area contributed by atoms with Crippen LogP contribution in [0.3, 0.4) is 0 Å². The van der Waals surface area contributed by atoms with E-state index in [0.29, 0.717) is 5.92 Å². The molecule has 0 aromatic rings. The molecule has 0 spiro atoms. The number of hydrogen-bond donors (Lipinski definition) is 2. The summed E-state index contributed by atoms with van der Waals surface area (Å²) in [5, 5.41) is 19.5. The third-order valence-electron chi connectivity index (χ3n) is 4.61. The number of hydrogen-bond acceptors (Lipinski definition) is 2. The Morgan fingerprint density at radius 1 is 1.59 bits per heavy atom. The lowest BCUT2D eigenvalue weighted by Gasteiger charge is -2.46. The van der Waals surface area contributed by atoms with Crippen LogP contribution in [0, 0.1) is 17.3 Å². The highest BCUT2D eigenvalue weighted by atomic mass is 16.3. The van der Waals surface area contributed by atoms with Gasteiger partial charge in [0, 0.05) is 0 Å². The molecule has 1 aliphatic carbocycles. The molecule has 0 unspecified atom stereocenters. The van der Waals surface area contributed by atoms with Crippen molar-refractivity contribution in [3.63, 3.8) is 0 Å². The summed E-state index contributed by atoms with van der Waals surface area (Å²) >= 11 is 0. The Kier molecular flexibility index (Phi) is 4.21. The molecule has 17 heavy (non-hydrogen) atoms. The van der Waals surface area contributed by atoms with Gasteiger partial charge in [0.1, 0.15) is 0 Å². The van der Waals surface area contributed by atoms with Gasteiger partial charge in [-0.3, -0.25) is 0 Å². The molecule has 1 aliphatic rings. The van der Waals surface area contributed by atoms with E-state index in [1.54, 1.807) is 6.92 Å². The Balaban J connectivity index is 2.90. The zero-order chi connectivity index (χ0) is 13.3. The lowest BCUT2D eigenvalue weighted by Crippen LogP contribution is -2.45. The Labute approximate surface area is 105 Å². The molecule has 2 nitrogen and oxygen atoms in total. The minimum atomic E-state index is -0.976. The molecule has 0 aromatic heterocycles. The number of rotatable bonds is 4. The maximum atomic E-state index is 10.2. The molecule has 0 bridgehead atoms. The summed E-state index contributed by atoms with van der Waals surface area (Å²) in [6.45, 7) is 13.8. The minimum absolute atomic E-state index is 0.0773. The van der Waals surface area contributed by atoms with Crippen LogP contribution in [0.5, 0.6) is 0 Å². The van der Waals surface area contributed by atoms with Gasteiger partial charge in [0.25, 0.3) is 0 Å². The zero-order valence-corrected chi connectivity index (χ0v) is 11.4. The highest BCUT2D eigenvalue weighted by molar-refractivity contribution is 5.13. The number of aliphatic hydroxyl groups excluding tert-OH is 1. The summed E-state index contributed by atoms with van der Waals surface area (Å²) in [6.07, 6.45) is 4.83. The van der Waals surface area contributed by atoms with Gasteiger partial charge in [0.15, 0.2) is 0 Å². The third-order valence-corrected chi connectivity index (χ3v) is 4.61. The highest BCUT2D eigenvalue weighted by Crippen LogP contribution is 2.49. The van der Waals surface area contributed by atoms with Crippen molar-refractivity contribution >= 4 is 0 Å². The summed E-state index contributed by atoms with van der Waals surface area (Å²) in [4.78, 5) is 0. The van der Waals surface area contributed by atoms with Gasteiger partial charge in [-0.2, -0.15) is 0 Å². The van der Waals surface area contributed by atoms with Crippen molar-refractivity contribution in [3.05, 3.63) is 24.8 Å². The third kappa shape index (κ3) is 2.80. The van der Waals surface area contributed by atoms with Crippen LogP contribution in [0.2, 0.25) is 0 Å². The van der Waals surface area contributed by atoms with Gasteiger partial charge in [-0.1, -0.05) is 25.2 Å². The fourth-order valence-electron chi connectivity index (χ4n) is 3.03. The van der Waals surface area contributed by atoms with E-state index in [1.807, 2.05) is 13.0 Å². The van der Waals surface area contributed by atoms with Crippen molar-refractivity contribution in [2.75, 3.05) is 6.61 Å². The van der Waals surface area contributed by atoms with Gasteiger partial charge in [0.2, 0.25) is 0 Å². The molecule has 0 aliphatic heterocycles. The maximum Gasteiger partial charge on any atom is 0.0877 e. The van der Waals surface area contributed by atoms with Crippen LogP contribution in [0.25, 0.3) is 0 Å². The second-order valence-electron chi connectivity index (χ2n) is 6.10. The van der Waals surface area contributed by atoms with Crippen LogP contribution in [0.4, 0.5) is 0 Å². The molecule has 0 heterocycles. The number of allylic oxidation sites excluding steroid dienone is 2. The first-order valence-corrected chi connectivity index (χ1v) is 6.39. The van der Waals surface area contributed by atoms with E-state index in [9.17, 15) is 10.2 Å². The predicted molar refractivity (Wildman–Crippen MR) is 71.7 cm³/mol. The zero-order valence-electron chi connectivity index (χ0n) is 11.4. The van der Waals surface area contributed by atoms with Gasteiger partial charge < -0.3 is 10.2 Å². The first-order chi connectivity index (χ1) is 7.77. The normalized spacial score (nSPS) is 37.2. The van der Waals surface area contributed by atoms with Crippen LogP contribution in [0.1, 0.15) is 40.0 Å². The first kappa shape index (κ1) is 14.5. The lowest BCUT2D eigenvalue weighted by atomic mass is 9.60. The predicted octanol–water partition coefficient (Wildman–Crippen LogP) is 2.91. The molecular formula is C15H26O2. The first-order valence-electron chi connectivity index (χ1n) is 6.39. The smallest absolute Gasteiger partial charge is 0.0877 e. The topological polar surface area (TPSA) is 40.5 Å². The van der Waals surface area contributed by atoms with Crippen molar-refractivity contribution in [2.45, 2.75) is 45.6 Å². The molecule has 98 valence electrons. The maximum absolute atomic E-state index is 10.2. The molecule has 0 aromatic carbocycles. The summed E-state index contributed by atoms with van der Waals surface area (Å²) in [7, 11) is 0. The van der Waals surface area contributed by atoms with E-state index in [4.69, 9.17) is 0 Å². The molecule has 1 saturated carbocycles. The average molecular weight is 238 g/mol. The molecule has 2 heteroatoms. The van der Waals surface area contributed by atoms with Crippen molar-refractivity contribution < 1.29 is 10.2 Å². The second-order valence-corrected chi connectivity index (χ2v) is 6.10. The molecule has 2 N–H and O–H groups in total. The van der Waals surface area contributed by atoms with Gasteiger partial charge in [-0.15, -0.1) is 6.58 Å². The molecular weight excluding hydrogens is 212 g/mol. The Morgan fingerprint density at radius 3 is 2.59 bits per heavy atom. The van der Waals surface area contributed by atoms with E-state index >= 15 is 0 Å². The fourth-order valence-corrected chi connectivity index (χ4v) is 3.03. The standard InChI is InChI=1S/C15H26O2/c1-6-14(4)8-7-12(15(5,17)10-16)9-13(14)11(2)3/h6,12-13,16-17H,1-2,7-10H2,3-5H3/t12-,13+,14-,15-/m1/s1. The SMILES string of the molecule is C=C[C@]1(C)CC[C@@H]([C@](C)(O)CO)C[C@H]1C(=C)C. The summed E-state index contributed by atoms with van der Waals surface area (Å²) in [6, 6.07) is 0. The van der Waals surface area contributed by atoms with Gasteiger partial charge in [0.05, 0.1) is 12.2 Å². The van der Waals surface area contributed by atoms with Crippen molar-refractivity contribution in [3.8, 4) is 0 Å². The van der Waals surface area contributed by atoms with Crippen LogP contribution in [-0.2, 0) is 0 Å². The molecule has 1 rings (SSSR count). The van der Waals surface area contributed by atoms with Gasteiger partial charge >= 0.3 is 0 Å². The largest absolute Gasteiger partial charge is 0.393 e. The van der Waals surface area contributed by atoms with Crippen LogP contribution in [-0.4, -0.2) is 22.4 Å². The van der Waals surface area contributed by atoms with E-state index in [2.05, 4.69) is 20.1 Å². The van der Waals surface area contributed by atoms with Crippen molar-refractivity contribution in [1.29, 1.82) is 0 Å². The average Bonchev–Trinajstić information content (AvgIpc) is 2.28. The number of aliphatic hydroxyl groups is 2. The Bertz CT molecular complexity index is 306. The summed E-state index contributed by atoms with van der Waals surface area (Å²) in [5.41, 5.74) is 0.246. The van der Waals surface area contributed by atoms with Crippen LogP contribution >= 0.6 is 0 Å². The Morgan fingerprint density at radius 2 is 2.18 bits per heavy atom. The molecule has 0 saturated heterocycles. The van der Waals surface area contributed by atoms with E-state index in [0.717, 1.165) is 24.8 Å². The Hall–Kier alpha value is -0.600. The van der Waals surface area contributed by atoms with Crippen molar-refractivity contribution in [2.24, 2.45) is 17.3 Å². The molecule has 0 amide bonds. The summed E-state index contributed by atoms with van der Waals surface area (Å²) < 4.78 is 0. The van der Waals surface area contributed by atoms with Gasteiger partial charge in [-0.25, -0.2) is 0 Å². The van der Waals surface area contributed by atoms with Gasteiger partial charge in [-0.05, 0) is 50.4 Å². The quantitative estimate of drug-likeness (QED) is 0.739. The highest BCUT2D eigenvalue weighted by Gasteiger charge is 2.43. The van der Waals surface area contributed by atoms with Crippen molar-refractivity contribution in [1.82, 2.24) is 0 Å². The van der Waals surface area contributed by atoms with Crippen LogP contribution in [0.15, 0.2) is 24.8 Å². The second kappa shape index (κ2) is 4.95. The van der Waals surface area contributed by atoms with E-state index < -0.39 is 5.60 Å². The minimum Gasteiger partial charge on any atom is -0.393 e. The molecule has 0 radical (unpaired) electrons. The summed E-state index contributed by atoms with van der Waals surface area (Å²) in [5.74, 6) is 0.485.